The molecule has 44 valence electrons. The molecular formula is C6H10N2. The number of allylic oxidation sites excluding steroid dienone is 1. The van der Waals surface area contributed by atoms with E-state index in [1.54, 1.807) is 18.5 Å². The minimum Gasteiger partial charge on any atom is -0.286 e. The van der Waals surface area contributed by atoms with Crippen LogP contribution in [0.3, 0.4) is 0 Å². The molecule has 0 saturated carbocycles. The zero-order chi connectivity index (χ0) is 6.24. The molecule has 0 atom stereocenters. The molecule has 1 N–H and O–H groups in total. The Bertz CT molecular complexity index is 92.9. The van der Waals surface area contributed by atoms with Crippen LogP contribution in [-0.2, 0) is 0 Å². The third kappa shape index (κ3) is 4.95. The van der Waals surface area contributed by atoms with E-state index in [2.05, 4.69) is 16.8 Å². The third-order valence-corrected chi connectivity index (χ3v) is 0.406. The lowest BCUT2D eigenvalue weighted by Crippen LogP contribution is -1.53. The molecule has 2 heteroatoms. The summed E-state index contributed by atoms with van der Waals surface area (Å²) in [5.41, 5.74) is 0. The summed E-state index contributed by atoms with van der Waals surface area (Å²) < 4.78 is 0. The number of aromatic nitrogens is 2. The Kier molecular flexibility index (Phi) is 5.17. The van der Waals surface area contributed by atoms with Gasteiger partial charge < -0.3 is 0 Å². The van der Waals surface area contributed by atoms with Crippen molar-refractivity contribution in [3.8, 4) is 0 Å². The van der Waals surface area contributed by atoms with Gasteiger partial charge in [0.2, 0.25) is 0 Å². The monoisotopic (exact) mass is 110 g/mol. The molecule has 0 saturated heterocycles. The Morgan fingerprint density at radius 2 is 2.38 bits per heavy atom. The first-order valence-corrected chi connectivity index (χ1v) is 2.42. The summed E-state index contributed by atoms with van der Waals surface area (Å²) in [5.74, 6) is 0. The molecule has 0 aliphatic heterocycles. The van der Waals surface area contributed by atoms with Gasteiger partial charge in [-0.25, -0.2) is 0 Å². The van der Waals surface area contributed by atoms with Crippen molar-refractivity contribution in [3.05, 3.63) is 31.1 Å². The van der Waals surface area contributed by atoms with E-state index in [1.807, 2.05) is 13.0 Å². The van der Waals surface area contributed by atoms with Crippen molar-refractivity contribution in [2.24, 2.45) is 0 Å². The smallest absolute Gasteiger partial charge is 0.0487 e. The molecule has 0 amide bonds. The van der Waals surface area contributed by atoms with E-state index in [4.69, 9.17) is 0 Å². The first-order chi connectivity index (χ1) is 3.91. The highest BCUT2D eigenvalue weighted by molar-refractivity contribution is 4.72. The fourth-order valence-electron chi connectivity index (χ4n) is 0.215. The van der Waals surface area contributed by atoms with Gasteiger partial charge in [-0.2, -0.15) is 5.10 Å². The second-order valence-electron chi connectivity index (χ2n) is 1.17. The molecule has 8 heavy (non-hydrogen) atoms. The predicted molar refractivity (Wildman–Crippen MR) is 34.5 cm³/mol. The average molecular weight is 110 g/mol. The van der Waals surface area contributed by atoms with Crippen LogP contribution in [0.2, 0.25) is 0 Å². The second-order valence-corrected chi connectivity index (χ2v) is 1.17. The summed E-state index contributed by atoms with van der Waals surface area (Å²) in [6, 6.07) is 1.83. The summed E-state index contributed by atoms with van der Waals surface area (Å²) in [5, 5.41) is 6.21. The molecule has 0 spiro atoms. The lowest BCUT2D eigenvalue weighted by atomic mass is 10.8. The highest BCUT2D eigenvalue weighted by Gasteiger charge is 1.56. The Balaban J connectivity index is 0.000000145. The number of hydrogen-bond donors (Lipinski definition) is 1. The summed E-state index contributed by atoms with van der Waals surface area (Å²) in [6.07, 6.45) is 5.21. The molecule has 1 rings (SSSR count). The second kappa shape index (κ2) is 5.95. The minimum atomic E-state index is 1.69. The Hall–Kier alpha value is -1.05. The lowest BCUT2D eigenvalue weighted by Gasteiger charge is -1.49. The van der Waals surface area contributed by atoms with Crippen molar-refractivity contribution in [2.75, 3.05) is 0 Å². The number of rotatable bonds is 0. The van der Waals surface area contributed by atoms with Gasteiger partial charge in [0.15, 0.2) is 0 Å². The van der Waals surface area contributed by atoms with E-state index < -0.39 is 0 Å². The van der Waals surface area contributed by atoms with Crippen LogP contribution in [0.5, 0.6) is 0 Å². The molecule has 2 nitrogen and oxygen atoms in total. The van der Waals surface area contributed by atoms with E-state index in [9.17, 15) is 0 Å². The molecule has 1 aromatic heterocycles. The Morgan fingerprint density at radius 3 is 2.50 bits per heavy atom. The highest BCUT2D eigenvalue weighted by Crippen LogP contribution is 1.64. The van der Waals surface area contributed by atoms with Gasteiger partial charge >= 0.3 is 0 Å². The van der Waals surface area contributed by atoms with E-state index in [0.29, 0.717) is 0 Å². The zero-order valence-corrected chi connectivity index (χ0v) is 4.96. The molecular weight excluding hydrogens is 100 g/mol. The molecule has 0 bridgehead atoms. The number of nitrogens with zero attached hydrogens (tertiary/aromatic N) is 1. The van der Waals surface area contributed by atoms with Crippen molar-refractivity contribution >= 4 is 0 Å². The lowest BCUT2D eigenvalue weighted by molar-refractivity contribution is 1.09. The van der Waals surface area contributed by atoms with Gasteiger partial charge in [-0.1, -0.05) is 6.08 Å². The maximum Gasteiger partial charge on any atom is 0.0487 e. The molecule has 0 fully saturated rings. The molecule has 0 aromatic carbocycles. The highest BCUT2D eigenvalue weighted by atomic mass is 15.1. The van der Waals surface area contributed by atoms with Gasteiger partial charge in [0.05, 0.1) is 0 Å². The normalized spacial score (nSPS) is 6.62. The topological polar surface area (TPSA) is 28.7 Å². The number of nitrogens with one attached hydrogen (secondary N) is 1. The van der Waals surface area contributed by atoms with Crippen LogP contribution < -0.4 is 0 Å². The van der Waals surface area contributed by atoms with Crippen LogP contribution in [0.15, 0.2) is 31.1 Å². The van der Waals surface area contributed by atoms with E-state index in [1.165, 1.54) is 0 Å². The molecule has 0 unspecified atom stereocenters. The summed E-state index contributed by atoms with van der Waals surface area (Å²) in [6.45, 7) is 5.25. The first-order valence-electron chi connectivity index (χ1n) is 2.42. The minimum absolute atomic E-state index is 1.69. The predicted octanol–water partition coefficient (Wildman–Crippen LogP) is 1.60. The van der Waals surface area contributed by atoms with Crippen molar-refractivity contribution in [3.63, 3.8) is 0 Å². The number of hydrogen-bond acceptors (Lipinski definition) is 1. The molecule has 0 radical (unpaired) electrons. The van der Waals surface area contributed by atoms with E-state index >= 15 is 0 Å². The number of H-pyrrole nitrogens is 1. The standard InChI is InChI=1S/C3H4N2.C3H6/c1-2-4-5-3-1;1-3-2/h1-3H,(H,4,5);3H,1H2,2H3. The van der Waals surface area contributed by atoms with Crippen LogP contribution in [0, 0.1) is 0 Å². The van der Waals surface area contributed by atoms with Crippen molar-refractivity contribution in [1.29, 1.82) is 0 Å². The van der Waals surface area contributed by atoms with Gasteiger partial charge in [-0.15, -0.1) is 6.58 Å². The summed E-state index contributed by atoms with van der Waals surface area (Å²) in [4.78, 5) is 0. The van der Waals surface area contributed by atoms with Crippen LogP contribution >= 0.6 is 0 Å². The summed E-state index contributed by atoms with van der Waals surface area (Å²) in [7, 11) is 0. The van der Waals surface area contributed by atoms with Crippen molar-refractivity contribution in [1.82, 2.24) is 10.2 Å². The van der Waals surface area contributed by atoms with E-state index in [-0.39, 0.29) is 0 Å². The van der Waals surface area contributed by atoms with Crippen LogP contribution in [0.4, 0.5) is 0 Å². The zero-order valence-electron chi connectivity index (χ0n) is 4.96. The Morgan fingerprint density at radius 1 is 1.75 bits per heavy atom. The molecule has 1 aromatic rings. The van der Waals surface area contributed by atoms with Gasteiger partial charge in [0, 0.05) is 12.4 Å². The Labute approximate surface area is 49.2 Å². The van der Waals surface area contributed by atoms with Gasteiger partial charge in [-0.05, 0) is 13.0 Å². The first kappa shape index (κ1) is 6.95. The van der Waals surface area contributed by atoms with E-state index in [0.717, 1.165) is 0 Å². The third-order valence-electron chi connectivity index (χ3n) is 0.406. The fourth-order valence-corrected chi connectivity index (χ4v) is 0.215. The van der Waals surface area contributed by atoms with Crippen LogP contribution in [0.1, 0.15) is 6.92 Å². The number of aromatic amines is 1. The largest absolute Gasteiger partial charge is 0.286 e. The van der Waals surface area contributed by atoms with Gasteiger partial charge in [0.25, 0.3) is 0 Å². The fraction of sp³-hybridized carbons (Fsp3) is 0.167. The SMILES string of the molecule is C=CC.c1cn[nH]c1. The maximum atomic E-state index is 3.60. The molecule has 1 heterocycles. The van der Waals surface area contributed by atoms with Gasteiger partial charge in [-0.3, -0.25) is 5.10 Å². The van der Waals surface area contributed by atoms with Crippen molar-refractivity contribution < 1.29 is 0 Å². The quantitative estimate of drug-likeness (QED) is 0.505. The summed E-state index contributed by atoms with van der Waals surface area (Å²) >= 11 is 0. The van der Waals surface area contributed by atoms with Crippen LogP contribution in [0.25, 0.3) is 0 Å². The maximum absolute atomic E-state index is 3.60. The van der Waals surface area contributed by atoms with Gasteiger partial charge in [0.1, 0.15) is 0 Å². The van der Waals surface area contributed by atoms with Crippen molar-refractivity contribution in [2.45, 2.75) is 6.92 Å². The van der Waals surface area contributed by atoms with Crippen LogP contribution in [-0.4, -0.2) is 10.2 Å². The molecule has 0 aliphatic rings. The molecule has 0 aliphatic carbocycles. The average Bonchev–Trinajstić information content (AvgIpc) is 2.17.